The minimum atomic E-state index is -0.286. The van der Waals surface area contributed by atoms with Gasteiger partial charge in [-0.05, 0) is 26.0 Å². The minimum Gasteiger partial charge on any atom is -0.379 e. The molecule has 3 heterocycles. The van der Waals surface area contributed by atoms with Crippen molar-refractivity contribution in [1.29, 1.82) is 0 Å². The Morgan fingerprint density at radius 1 is 1.18 bits per heavy atom. The van der Waals surface area contributed by atoms with Gasteiger partial charge in [0, 0.05) is 24.5 Å². The maximum atomic E-state index is 12.6. The molecule has 8 heteroatoms. The smallest absolute Gasteiger partial charge is 0.320 e. The van der Waals surface area contributed by atoms with Gasteiger partial charge in [0.15, 0.2) is 0 Å². The lowest BCUT2D eigenvalue weighted by atomic mass is 9.98. The molecule has 0 saturated carbocycles. The Hall–Kier alpha value is -3.13. The number of carbonyl (C=O) groups is 1. The van der Waals surface area contributed by atoms with Crippen molar-refractivity contribution in [3.63, 3.8) is 0 Å². The highest BCUT2D eigenvalue weighted by Crippen LogP contribution is 2.21. The Bertz CT molecular complexity index is 950. The Morgan fingerprint density at radius 3 is 2.75 bits per heavy atom. The fourth-order valence-electron chi connectivity index (χ4n) is 3.41. The van der Waals surface area contributed by atoms with Crippen LogP contribution in [0.2, 0.25) is 0 Å². The summed E-state index contributed by atoms with van der Waals surface area (Å²) in [6.07, 6.45) is 0.673. The van der Waals surface area contributed by atoms with E-state index in [1.165, 1.54) is 0 Å². The maximum Gasteiger partial charge on any atom is 0.320 e. The van der Waals surface area contributed by atoms with Crippen LogP contribution in [0.4, 0.5) is 10.6 Å². The highest BCUT2D eigenvalue weighted by molar-refractivity contribution is 5.89. The van der Waals surface area contributed by atoms with Crippen LogP contribution in [0.25, 0.3) is 5.69 Å². The van der Waals surface area contributed by atoms with Crippen molar-refractivity contribution in [1.82, 2.24) is 20.3 Å². The quantitative estimate of drug-likeness (QED) is 0.709. The number of hydrogen-bond donors (Lipinski definition) is 2. The first-order valence-corrected chi connectivity index (χ1v) is 9.28. The third kappa shape index (κ3) is 4.07. The molecule has 1 saturated heterocycles. The number of benzene rings is 1. The van der Waals surface area contributed by atoms with Crippen molar-refractivity contribution in [2.75, 3.05) is 18.5 Å². The molecule has 8 nitrogen and oxygen atoms in total. The predicted molar refractivity (Wildman–Crippen MR) is 103 cm³/mol. The second-order valence-corrected chi connectivity index (χ2v) is 7.06. The van der Waals surface area contributed by atoms with E-state index in [1.54, 1.807) is 4.68 Å². The van der Waals surface area contributed by atoms with Gasteiger partial charge in [-0.3, -0.25) is 5.32 Å². The molecule has 4 rings (SSSR count). The third-order valence-electron chi connectivity index (χ3n) is 4.73. The zero-order chi connectivity index (χ0) is 19.5. The van der Waals surface area contributed by atoms with Gasteiger partial charge in [0.25, 0.3) is 0 Å². The average molecular weight is 381 g/mol. The molecule has 0 bridgehead atoms. The molecular weight excluding hydrogens is 358 g/mol. The number of aryl methyl sites for hydroxylation is 2. The number of urea groups is 1. The summed E-state index contributed by atoms with van der Waals surface area (Å²) >= 11 is 0. The number of anilines is 1. The molecule has 2 amide bonds. The molecule has 28 heavy (non-hydrogen) atoms. The fraction of sp³-hybridized carbons (Fsp3) is 0.350. The predicted octanol–water partition coefficient (Wildman–Crippen LogP) is 2.86. The van der Waals surface area contributed by atoms with Gasteiger partial charge in [-0.1, -0.05) is 23.4 Å². The molecule has 3 aromatic rings. The number of ether oxygens (including phenoxy) is 1. The van der Waals surface area contributed by atoms with Gasteiger partial charge in [0.2, 0.25) is 0 Å². The molecule has 1 fully saturated rings. The van der Waals surface area contributed by atoms with Crippen molar-refractivity contribution in [3.05, 3.63) is 59.6 Å². The van der Waals surface area contributed by atoms with Crippen LogP contribution in [0.3, 0.4) is 0 Å². The van der Waals surface area contributed by atoms with Crippen LogP contribution >= 0.6 is 0 Å². The summed E-state index contributed by atoms with van der Waals surface area (Å²) in [5.41, 5.74) is 2.55. The number of nitrogens with zero attached hydrogens (tertiary/aromatic N) is 3. The molecule has 0 radical (unpaired) electrons. The largest absolute Gasteiger partial charge is 0.379 e. The second-order valence-electron chi connectivity index (χ2n) is 7.06. The first-order valence-electron chi connectivity index (χ1n) is 9.28. The molecule has 0 aliphatic carbocycles. The van der Waals surface area contributed by atoms with Gasteiger partial charge in [0.05, 0.1) is 36.3 Å². The lowest BCUT2D eigenvalue weighted by molar-refractivity contribution is 0.181. The number of nitrogens with one attached hydrogen (secondary N) is 2. The van der Waals surface area contributed by atoms with E-state index in [4.69, 9.17) is 9.26 Å². The molecule has 1 aliphatic heterocycles. The van der Waals surface area contributed by atoms with Crippen molar-refractivity contribution in [2.45, 2.75) is 26.3 Å². The van der Waals surface area contributed by atoms with Crippen molar-refractivity contribution in [2.24, 2.45) is 5.92 Å². The van der Waals surface area contributed by atoms with Crippen LogP contribution in [0, 0.1) is 19.8 Å². The van der Waals surface area contributed by atoms with Crippen LogP contribution in [-0.2, 0) is 11.2 Å². The average Bonchev–Trinajstić information content (AvgIpc) is 3.38. The Balaban J connectivity index is 1.42. The van der Waals surface area contributed by atoms with Crippen LogP contribution in [0.5, 0.6) is 0 Å². The van der Waals surface area contributed by atoms with E-state index in [-0.39, 0.29) is 18.0 Å². The van der Waals surface area contributed by atoms with E-state index in [1.807, 2.05) is 56.3 Å². The number of hydrogen-bond acceptors (Lipinski definition) is 5. The van der Waals surface area contributed by atoms with Gasteiger partial charge >= 0.3 is 6.03 Å². The first kappa shape index (κ1) is 18.2. The Kier molecular flexibility index (Phi) is 5.12. The zero-order valence-corrected chi connectivity index (χ0v) is 15.9. The van der Waals surface area contributed by atoms with Crippen molar-refractivity contribution < 1.29 is 14.1 Å². The Labute approximate surface area is 162 Å². The maximum absolute atomic E-state index is 12.6. The minimum absolute atomic E-state index is 0.0976. The molecule has 2 aromatic heterocycles. The van der Waals surface area contributed by atoms with E-state index in [9.17, 15) is 4.79 Å². The standard InChI is InChI=1S/C20H23N5O3/c1-13-9-19(25(23-13)16-6-4-3-5-7-16)22-20(26)21-18-12-27-11-15(18)10-17-8-14(2)24-28-17/h3-9,15,18H,10-12H2,1-2H3,(H2,21,22,26)/t15-,18+/m0/s1. The van der Waals surface area contributed by atoms with Crippen LogP contribution in [0.1, 0.15) is 17.1 Å². The van der Waals surface area contributed by atoms with E-state index < -0.39 is 0 Å². The van der Waals surface area contributed by atoms with E-state index in [2.05, 4.69) is 20.9 Å². The molecule has 1 aromatic carbocycles. The molecule has 0 unspecified atom stereocenters. The van der Waals surface area contributed by atoms with Gasteiger partial charge in [-0.25, -0.2) is 9.48 Å². The molecule has 146 valence electrons. The number of carbonyl (C=O) groups excluding carboxylic acids is 1. The first-order chi connectivity index (χ1) is 13.6. The summed E-state index contributed by atoms with van der Waals surface area (Å²) in [6.45, 7) is 4.83. The van der Waals surface area contributed by atoms with Crippen LogP contribution in [-0.4, -0.2) is 40.2 Å². The van der Waals surface area contributed by atoms with E-state index >= 15 is 0 Å². The molecule has 0 spiro atoms. The summed E-state index contributed by atoms with van der Waals surface area (Å²) in [7, 11) is 0. The second kappa shape index (κ2) is 7.85. The highest BCUT2D eigenvalue weighted by atomic mass is 16.5. The van der Waals surface area contributed by atoms with Crippen molar-refractivity contribution in [3.8, 4) is 5.69 Å². The van der Waals surface area contributed by atoms with Crippen LogP contribution in [0.15, 0.2) is 47.0 Å². The third-order valence-corrected chi connectivity index (χ3v) is 4.73. The molecule has 2 atom stereocenters. The fourth-order valence-corrected chi connectivity index (χ4v) is 3.41. The summed E-state index contributed by atoms with van der Waals surface area (Å²) in [6, 6.07) is 13.1. The molecule has 2 N–H and O–H groups in total. The lowest BCUT2D eigenvalue weighted by Gasteiger charge is -2.18. The lowest BCUT2D eigenvalue weighted by Crippen LogP contribution is -2.43. The normalized spacial score (nSPS) is 18.9. The van der Waals surface area contributed by atoms with E-state index in [0.29, 0.717) is 25.5 Å². The van der Waals surface area contributed by atoms with Gasteiger partial charge < -0.3 is 14.6 Å². The monoisotopic (exact) mass is 381 g/mol. The SMILES string of the molecule is Cc1cc(C[C@H]2COC[C@H]2NC(=O)Nc2cc(C)nn2-c2ccccc2)on1. The summed E-state index contributed by atoms with van der Waals surface area (Å²) < 4.78 is 12.6. The number of aromatic nitrogens is 3. The molecular formula is C20H23N5O3. The van der Waals surface area contributed by atoms with Gasteiger partial charge in [-0.15, -0.1) is 0 Å². The number of para-hydroxylation sites is 1. The van der Waals surface area contributed by atoms with Gasteiger partial charge in [0.1, 0.15) is 11.6 Å². The van der Waals surface area contributed by atoms with Crippen molar-refractivity contribution >= 4 is 11.8 Å². The number of amides is 2. The Morgan fingerprint density at radius 2 is 2.00 bits per heavy atom. The zero-order valence-electron chi connectivity index (χ0n) is 15.9. The van der Waals surface area contributed by atoms with Gasteiger partial charge in [-0.2, -0.15) is 5.10 Å². The van der Waals surface area contributed by atoms with E-state index in [0.717, 1.165) is 22.8 Å². The molecule has 1 aliphatic rings. The topological polar surface area (TPSA) is 94.2 Å². The summed E-state index contributed by atoms with van der Waals surface area (Å²) in [4.78, 5) is 12.6. The summed E-state index contributed by atoms with van der Waals surface area (Å²) in [5.74, 6) is 1.55. The number of rotatable bonds is 5. The summed E-state index contributed by atoms with van der Waals surface area (Å²) in [5, 5.41) is 14.3. The highest BCUT2D eigenvalue weighted by Gasteiger charge is 2.31. The van der Waals surface area contributed by atoms with Crippen LogP contribution < -0.4 is 10.6 Å².